The quantitative estimate of drug-likeness (QED) is 0.872. The van der Waals surface area contributed by atoms with Crippen LogP contribution in [0.4, 0.5) is 0 Å². The summed E-state index contributed by atoms with van der Waals surface area (Å²) < 4.78 is 0. The lowest BCUT2D eigenvalue weighted by molar-refractivity contribution is 0.0642. The molecular formula is C14H17N3O2. The lowest BCUT2D eigenvalue weighted by atomic mass is 10.2. The van der Waals surface area contributed by atoms with E-state index in [4.69, 9.17) is 0 Å². The number of amides is 1. The lowest BCUT2D eigenvalue weighted by Crippen LogP contribution is -2.35. The van der Waals surface area contributed by atoms with Crippen LogP contribution in [0.2, 0.25) is 0 Å². The minimum Gasteiger partial charge on any atom is -0.391 e. The highest BCUT2D eigenvalue weighted by Crippen LogP contribution is 2.32. The van der Waals surface area contributed by atoms with Gasteiger partial charge in [0.15, 0.2) is 5.69 Å². The van der Waals surface area contributed by atoms with Crippen molar-refractivity contribution in [1.29, 1.82) is 0 Å². The van der Waals surface area contributed by atoms with Crippen molar-refractivity contribution in [2.24, 2.45) is 5.92 Å². The number of benzene rings is 1. The number of hydrogen-bond donors (Lipinski definition) is 2. The molecule has 1 aromatic heterocycles. The van der Waals surface area contributed by atoms with Gasteiger partial charge in [0, 0.05) is 19.0 Å². The normalized spacial score (nSPS) is 16.5. The molecule has 5 heteroatoms. The standard InChI is InChI=1S/C14H17N3O2/c1-17(8-12(18)9-6-7-9)14(19)13-10-4-2-3-5-11(10)15-16-13/h2-5,9,12,18H,6-8H2,1H3,(H,15,16). The third-order valence-electron chi connectivity index (χ3n) is 3.65. The summed E-state index contributed by atoms with van der Waals surface area (Å²) in [6.07, 6.45) is 1.71. The smallest absolute Gasteiger partial charge is 0.274 e. The fourth-order valence-corrected chi connectivity index (χ4v) is 2.30. The lowest BCUT2D eigenvalue weighted by Gasteiger charge is -2.19. The van der Waals surface area contributed by atoms with Crippen molar-refractivity contribution in [1.82, 2.24) is 15.1 Å². The van der Waals surface area contributed by atoms with Crippen LogP contribution < -0.4 is 0 Å². The van der Waals surface area contributed by atoms with Crippen molar-refractivity contribution in [3.05, 3.63) is 30.0 Å². The zero-order chi connectivity index (χ0) is 13.4. The van der Waals surface area contributed by atoms with E-state index in [2.05, 4.69) is 10.2 Å². The molecule has 1 saturated carbocycles. The van der Waals surface area contributed by atoms with Crippen molar-refractivity contribution in [2.75, 3.05) is 13.6 Å². The second-order valence-corrected chi connectivity index (χ2v) is 5.21. The average molecular weight is 259 g/mol. The predicted octanol–water partition coefficient (Wildman–Crippen LogP) is 1.41. The van der Waals surface area contributed by atoms with Gasteiger partial charge in [-0.2, -0.15) is 5.10 Å². The molecule has 3 rings (SSSR count). The fraction of sp³-hybridized carbons (Fsp3) is 0.429. The van der Waals surface area contributed by atoms with E-state index in [-0.39, 0.29) is 5.91 Å². The molecule has 1 fully saturated rings. The highest BCUT2D eigenvalue weighted by atomic mass is 16.3. The van der Waals surface area contributed by atoms with Gasteiger partial charge in [0.05, 0.1) is 11.6 Å². The van der Waals surface area contributed by atoms with Gasteiger partial charge in [-0.05, 0) is 24.8 Å². The van der Waals surface area contributed by atoms with Gasteiger partial charge < -0.3 is 10.0 Å². The van der Waals surface area contributed by atoms with E-state index in [9.17, 15) is 9.90 Å². The Balaban J connectivity index is 1.78. The van der Waals surface area contributed by atoms with E-state index >= 15 is 0 Å². The minimum atomic E-state index is -0.417. The van der Waals surface area contributed by atoms with Crippen molar-refractivity contribution >= 4 is 16.8 Å². The van der Waals surface area contributed by atoms with Crippen LogP contribution in [-0.2, 0) is 0 Å². The van der Waals surface area contributed by atoms with Crippen LogP contribution in [0.3, 0.4) is 0 Å². The monoisotopic (exact) mass is 259 g/mol. The van der Waals surface area contributed by atoms with Gasteiger partial charge in [-0.15, -0.1) is 0 Å². The van der Waals surface area contributed by atoms with Crippen molar-refractivity contribution in [3.8, 4) is 0 Å². The van der Waals surface area contributed by atoms with Crippen LogP contribution in [0.5, 0.6) is 0 Å². The number of para-hydroxylation sites is 1. The molecule has 0 bridgehead atoms. The Kier molecular flexibility index (Phi) is 2.98. The molecule has 2 aromatic rings. The average Bonchev–Trinajstić information content (AvgIpc) is 3.18. The van der Waals surface area contributed by atoms with Gasteiger partial charge >= 0.3 is 0 Å². The van der Waals surface area contributed by atoms with E-state index in [1.54, 1.807) is 11.9 Å². The summed E-state index contributed by atoms with van der Waals surface area (Å²) in [4.78, 5) is 13.9. The molecule has 0 spiro atoms. The zero-order valence-electron chi connectivity index (χ0n) is 10.8. The Morgan fingerprint density at radius 3 is 3.00 bits per heavy atom. The number of aromatic amines is 1. The fourth-order valence-electron chi connectivity index (χ4n) is 2.30. The number of likely N-dealkylation sites (N-methyl/N-ethyl adjacent to an activating group) is 1. The zero-order valence-corrected chi connectivity index (χ0v) is 10.8. The maximum atomic E-state index is 12.3. The molecule has 0 saturated heterocycles. The van der Waals surface area contributed by atoms with E-state index < -0.39 is 6.10 Å². The third-order valence-corrected chi connectivity index (χ3v) is 3.65. The van der Waals surface area contributed by atoms with Gasteiger partial charge in [0.2, 0.25) is 0 Å². The Hall–Kier alpha value is -1.88. The molecular weight excluding hydrogens is 242 g/mol. The number of carbonyl (C=O) groups excluding carboxylic acids is 1. The predicted molar refractivity (Wildman–Crippen MR) is 71.8 cm³/mol. The number of hydrogen-bond acceptors (Lipinski definition) is 3. The first-order chi connectivity index (χ1) is 9.16. The Bertz CT molecular complexity index is 604. The van der Waals surface area contributed by atoms with E-state index in [1.165, 1.54) is 0 Å². The number of fused-ring (bicyclic) bond motifs is 1. The van der Waals surface area contributed by atoms with Crippen LogP contribution in [0.15, 0.2) is 24.3 Å². The molecule has 1 aromatic carbocycles. The van der Waals surface area contributed by atoms with Crippen LogP contribution in [-0.4, -0.2) is 45.8 Å². The number of rotatable bonds is 4. The summed E-state index contributed by atoms with van der Waals surface area (Å²) in [6.45, 7) is 0.366. The SMILES string of the molecule is CN(CC(O)C1CC1)C(=O)c1n[nH]c2ccccc12. The summed E-state index contributed by atoms with van der Waals surface area (Å²) in [7, 11) is 1.71. The maximum Gasteiger partial charge on any atom is 0.274 e. The Morgan fingerprint density at radius 2 is 2.26 bits per heavy atom. The number of aromatic nitrogens is 2. The molecule has 1 aliphatic rings. The van der Waals surface area contributed by atoms with Crippen LogP contribution in [0.25, 0.3) is 10.9 Å². The van der Waals surface area contributed by atoms with E-state index in [0.29, 0.717) is 18.2 Å². The van der Waals surface area contributed by atoms with E-state index in [1.807, 2.05) is 24.3 Å². The topological polar surface area (TPSA) is 69.2 Å². The molecule has 1 atom stereocenters. The number of carbonyl (C=O) groups is 1. The number of aliphatic hydroxyl groups excluding tert-OH is 1. The van der Waals surface area contributed by atoms with Gasteiger partial charge in [0.1, 0.15) is 0 Å². The minimum absolute atomic E-state index is 0.155. The number of aliphatic hydroxyl groups is 1. The van der Waals surface area contributed by atoms with Gasteiger partial charge in [-0.1, -0.05) is 18.2 Å². The summed E-state index contributed by atoms with van der Waals surface area (Å²) in [5.41, 5.74) is 1.27. The highest BCUT2D eigenvalue weighted by Gasteiger charge is 2.31. The Morgan fingerprint density at radius 1 is 1.53 bits per heavy atom. The summed E-state index contributed by atoms with van der Waals surface area (Å²) in [5.74, 6) is 0.211. The van der Waals surface area contributed by atoms with Gasteiger partial charge in [-0.3, -0.25) is 9.89 Å². The molecule has 0 aliphatic heterocycles. The second-order valence-electron chi connectivity index (χ2n) is 5.21. The summed E-state index contributed by atoms with van der Waals surface area (Å²) in [6, 6.07) is 7.54. The largest absolute Gasteiger partial charge is 0.391 e. The summed E-state index contributed by atoms with van der Waals surface area (Å²) in [5, 5.41) is 17.7. The molecule has 5 nitrogen and oxygen atoms in total. The summed E-state index contributed by atoms with van der Waals surface area (Å²) >= 11 is 0. The van der Waals surface area contributed by atoms with Gasteiger partial charge in [-0.25, -0.2) is 0 Å². The van der Waals surface area contributed by atoms with Crippen LogP contribution in [0, 0.1) is 5.92 Å². The van der Waals surface area contributed by atoms with Crippen molar-refractivity contribution < 1.29 is 9.90 Å². The molecule has 19 heavy (non-hydrogen) atoms. The molecule has 2 N–H and O–H groups in total. The molecule has 1 aliphatic carbocycles. The third kappa shape index (κ3) is 2.33. The molecule has 1 amide bonds. The molecule has 100 valence electrons. The first-order valence-electron chi connectivity index (χ1n) is 6.53. The van der Waals surface area contributed by atoms with Gasteiger partial charge in [0.25, 0.3) is 5.91 Å². The first-order valence-corrected chi connectivity index (χ1v) is 6.53. The first kappa shape index (κ1) is 12.2. The number of nitrogens with zero attached hydrogens (tertiary/aromatic N) is 2. The van der Waals surface area contributed by atoms with Crippen molar-refractivity contribution in [2.45, 2.75) is 18.9 Å². The second kappa shape index (κ2) is 4.66. The Labute approximate surface area is 111 Å². The number of nitrogens with one attached hydrogen (secondary N) is 1. The molecule has 1 heterocycles. The highest BCUT2D eigenvalue weighted by molar-refractivity contribution is 6.04. The van der Waals surface area contributed by atoms with Crippen molar-refractivity contribution in [3.63, 3.8) is 0 Å². The van der Waals surface area contributed by atoms with Crippen LogP contribution >= 0.6 is 0 Å². The molecule has 1 unspecified atom stereocenters. The molecule has 0 radical (unpaired) electrons. The van der Waals surface area contributed by atoms with E-state index in [0.717, 1.165) is 23.7 Å². The van der Waals surface area contributed by atoms with Crippen LogP contribution in [0.1, 0.15) is 23.3 Å². The maximum absolute atomic E-state index is 12.3. The number of H-pyrrole nitrogens is 1.